The van der Waals surface area contributed by atoms with Crippen LogP contribution in [0.25, 0.3) is 10.9 Å². The number of anilines is 1. The van der Waals surface area contributed by atoms with Gasteiger partial charge in [0.1, 0.15) is 17.3 Å². The molecule has 42 heavy (non-hydrogen) atoms. The number of fused-ring (bicyclic) bond motifs is 1. The molecular formula is C29H41F3N4O5Si. The maximum absolute atomic E-state index is 14.1. The highest BCUT2D eigenvalue weighted by atomic mass is 28.3. The molecule has 13 heteroatoms. The second-order valence-corrected chi connectivity index (χ2v) is 19.0. The summed E-state index contributed by atoms with van der Waals surface area (Å²) in [5.74, 6) is -1.88. The summed E-state index contributed by atoms with van der Waals surface area (Å²) in [6.07, 6.45) is -2.61. The van der Waals surface area contributed by atoms with Crippen LogP contribution in [0.5, 0.6) is 0 Å². The van der Waals surface area contributed by atoms with Gasteiger partial charge >= 0.3 is 12.3 Å². The highest BCUT2D eigenvalue weighted by Gasteiger charge is 2.39. The van der Waals surface area contributed by atoms with Gasteiger partial charge in [-0.05, 0) is 51.8 Å². The Kier molecular flexibility index (Phi) is 9.13. The number of hydrogen-bond acceptors (Lipinski definition) is 6. The van der Waals surface area contributed by atoms with Gasteiger partial charge in [-0.25, -0.2) is 4.79 Å². The molecule has 0 N–H and O–H groups in total. The van der Waals surface area contributed by atoms with Crippen LogP contribution in [0.4, 0.5) is 23.7 Å². The molecule has 0 radical (unpaired) electrons. The highest BCUT2D eigenvalue weighted by molar-refractivity contribution is 6.76. The van der Waals surface area contributed by atoms with E-state index in [1.54, 1.807) is 30.4 Å². The van der Waals surface area contributed by atoms with E-state index in [1.807, 2.05) is 0 Å². The summed E-state index contributed by atoms with van der Waals surface area (Å²) in [5, 5.41) is 4.86. The van der Waals surface area contributed by atoms with E-state index in [2.05, 4.69) is 24.7 Å². The first kappa shape index (κ1) is 32.0. The molecule has 9 nitrogen and oxygen atoms in total. The SMILES string of the molecule is CC(C)(C)OC(=O)N1CCC(n2ncc3c(N4CCC(=O)C(COCC[Si](C)(C)C)C4=O)cc(C(F)(F)F)cc32)CC1. The first-order valence-corrected chi connectivity index (χ1v) is 18.1. The molecule has 2 aliphatic rings. The normalized spacial score (nSPS) is 19.6. The molecule has 1 aromatic carbocycles. The van der Waals surface area contributed by atoms with E-state index < -0.39 is 43.3 Å². The summed E-state index contributed by atoms with van der Waals surface area (Å²) in [6.45, 7) is 13.0. The molecule has 1 unspecified atom stereocenters. The molecule has 0 spiro atoms. The van der Waals surface area contributed by atoms with E-state index in [0.717, 1.165) is 18.2 Å². The Labute approximate surface area is 245 Å². The summed E-state index contributed by atoms with van der Waals surface area (Å²) >= 11 is 0. The second-order valence-electron chi connectivity index (χ2n) is 13.4. The van der Waals surface area contributed by atoms with Crippen LogP contribution < -0.4 is 4.90 Å². The molecule has 3 heterocycles. The Morgan fingerprint density at radius 2 is 1.74 bits per heavy atom. The van der Waals surface area contributed by atoms with Crippen LogP contribution in [0.3, 0.4) is 0 Å². The molecule has 4 rings (SSSR count). The average molecular weight is 611 g/mol. The Balaban J connectivity index is 1.59. The summed E-state index contributed by atoms with van der Waals surface area (Å²) in [5.41, 5.74) is -1.19. The van der Waals surface area contributed by atoms with Crippen molar-refractivity contribution in [2.75, 3.05) is 37.7 Å². The number of ether oxygens (including phenoxy) is 2. The van der Waals surface area contributed by atoms with Crippen LogP contribution in [0.15, 0.2) is 18.3 Å². The molecule has 232 valence electrons. The van der Waals surface area contributed by atoms with Crippen LogP contribution in [-0.4, -0.2) is 79.0 Å². The lowest BCUT2D eigenvalue weighted by molar-refractivity contribution is -0.139. The molecule has 1 aromatic heterocycles. The zero-order valence-corrected chi connectivity index (χ0v) is 26.2. The summed E-state index contributed by atoms with van der Waals surface area (Å²) in [6, 6.07) is 2.65. The topological polar surface area (TPSA) is 94.0 Å². The standard InChI is InChI=1S/C29H41F3N4O5Si/c1-28(2,3)41-27(39)34-10-7-20(8-11-34)36-24-16-19(29(30,31)32)15-23(21(24)17-33-36)35-12-9-25(37)22(26(35)38)18-40-13-14-42(4,5)6/h15-17,20,22H,7-14,18H2,1-6H3. The molecule has 2 aromatic rings. The third-order valence-corrected chi connectivity index (χ3v) is 9.29. The average Bonchev–Trinajstić information content (AvgIpc) is 3.30. The summed E-state index contributed by atoms with van der Waals surface area (Å²) in [4.78, 5) is 41.5. The number of hydrogen-bond donors (Lipinski definition) is 0. The van der Waals surface area contributed by atoms with Crippen molar-refractivity contribution in [3.05, 3.63) is 23.9 Å². The second kappa shape index (κ2) is 12.0. The monoisotopic (exact) mass is 610 g/mol. The van der Waals surface area contributed by atoms with Gasteiger partial charge in [-0.15, -0.1) is 0 Å². The lowest BCUT2D eigenvalue weighted by Gasteiger charge is -2.34. The van der Waals surface area contributed by atoms with Crippen molar-refractivity contribution in [1.29, 1.82) is 0 Å². The summed E-state index contributed by atoms with van der Waals surface area (Å²) in [7, 11) is -1.38. The van der Waals surface area contributed by atoms with Gasteiger partial charge in [0.25, 0.3) is 0 Å². The first-order valence-electron chi connectivity index (χ1n) is 14.4. The Hall–Kier alpha value is -2.93. The van der Waals surface area contributed by atoms with Crippen molar-refractivity contribution >= 4 is 42.4 Å². The molecule has 2 aliphatic heterocycles. The zero-order valence-electron chi connectivity index (χ0n) is 25.2. The third kappa shape index (κ3) is 7.52. The molecule has 0 aliphatic carbocycles. The van der Waals surface area contributed by atoms with Gasteiger partial charge in [-0.2, -0.15) is 18.3 Å². The number of benzene rings is 1. The van der Waals surface area contributed by atoms with Crippen molar-refractivity contribution in [2.45, 2.75) is 83.5 Å². The lowest BCUT2D eigenvalue weighted by Crippen LogP contribution is -2.48. The Morgan fingerprint density at radius 1 is 1.07 bits per heavy atom. The van der Waals surface area contributed by atoms with E-state index in [0.29, 0.717) is 37.9 Å². The molecule has 0 bridgehead atoms. The zero-order chi connectivity index (χ0) is 31.0. The van der Waals surface area contributed by atoms with Gasteiger partial charge in [0.15, 0.2) is 0 Å². The fourth-order valence-corrected chi connectivity index (χ4v) is 6.00. The fourth-order valence-electron chi connectivity index (χ4n) is 5.24. The van der Waals surface area contributed by atoms with Crippen molar-refractivity contribution in [1.82, 2.24) is 14.7 Å². The van der Waals surface area contributed by atoms with Gasteiger partial charge in [-0.3, -0.25) is 14.3 Å². The smallest absolute Gasteiger partial charge is 0.416 e. The van der Waals surface area contributed by atoms with E-state index in [4.69, 9.17) is 9.47 Å². The van der Waals surface area contributed by atoms with E-state index >= 15 is 0 Å². The minimum Gasteiger partial charge on any atom is -0.444 e. The lowest BCUT2D eigenvalue weighted by atomic mass is 9.95. The molecule has 0 saturated carbocycles. The number of amides is 2. The van der Waals surface area contributed by atoms with Gasteiger partial charge < -0.3 is 19.3 Å². The van der Waals surface area contributed by atoms with Crippen LogP contribution >= 0.6 is 0 Å². The predicted octanol–water partition coefficient (Wildman–Crippen LogP) is 5.90. The number of likely N-dealkylation sites (tertiary alicyclic amines) is 1. The van der Waals surface area contributed by atoms with Crippen LogP contribution in [0, 0.1) is 5.92 Å². The number of ketones is 1. The number of alkyl halides is 3. The van der Waals surface area contributed by atoms with Crippen LogP contribution in [0.1, 0.15) is 51.6 Å². The van der Waals surface area contributed by atoms with Crippen molar-refractivity contribution in [2.24, 2.45) is 5.92 Å². The number of carbonyl (C=O) groups is 3. The fraction of sp³-hybridized carbons (Fsp3) is 0.655. The first-order chi connectivity index (χ1) is 19.4. The number of rotatable bonds is 7. The summed E-state index contributed by atoms with van der Waals surface area (Å²) < 4.78 is 55.0. The maximum Gasteiger partial charge on any atom is 0.416 e. The number of aromatic nitrogens is 2. The Bertz CT molecular complexity index is 1320. The number of piperidine rings is 2. The number of halogens is 3. The number of Topliss-reactive ketones (excluding diaryl/α,β-unsaturated/α-hetero) is 1. The predicted molar refractivity (Wildman–Crippen MR) is 155 cm³/mol. The van der Waals surface area contributed by atoms with Crippen LogP contribution in [-0.2, 0) is 25.2 Å². The highest BCUT2D eigenvalue weighted by Crippen LogP contribution is 2.39. The quantitative estimate of drug-likeness (QED) is 0.220. The van der Waals surface area contributed by atoms with E-state index in [-0.39, 0.29) is 42.6 Å². The number of nitrogens with zero attached hydrogens (tertiary/aromatic N) is 4. The molecule has 2 fully saturated rings. The van der Waals surface area contributed by atoms with E-state index in [9.17, 15) is 27.6 Å². The van der Waals surface area contributed by atoms with Gasteiger partial charge in [0, 0.05) is 46.1 Å². The minimum absolute atomic E-state index is 0.0149. The van der Waals surface area contributed by atoms with E-state index in [1.165, 1.54) is 11.1 Å². The van der Waals surface area contributed by atoms with Crippen molar-refractivity contribution < 1.29 is 37.0 Å². The van der Waals surface area contributed by atoms with Crippen LogP contribution in [0.2, 0.25) is 25.7 Å². The number of carbonyl (C=O) groups excluding carboxylic acids is 3. The van der Waals surface area contributed by atoms with Crippen molar-refractivity contribution in [3.8, 4) is 0 Å². The molecule has 2 amide bonds. The Morgan fingerprint density at radius 3 is 2.33 bits per heavy atom. The molecule has 2 saturated heterocycles. The van der Waals surface area contributed by atoms with Crippen molar-refractivity contribution in [3.63, 3.8) is 0 Å². The van der Waals surface area contributed by atoms with Gasteiger partial charge in [0.05, 0.1) is 35.6 Å². The minimum atomic E-state index is -4.66. The maximum atomic E-state index is 14.1. The van der Waals surface area contributed by atoms with Gasteiger partial charge in [0.2, 0.25) is 5.91 Å². The third-order valence-electron chi connectivity index (χ3n) is 7.59. The molecule has 1 atom stereocenters. The largest absolute Gasteiger partial charge is 0.444 e. The van der Waals surface area contributed by atoms with Gasteiger partial charge in [-0.1, -0.05) is 19.6 Å². The molecular weight excluding hydrogens is 569 g/mol.